The zero-order valence-electron chi connectivity index (χ0n) is 12.3. The van der Waals surface area contributed by atoms with Crippen LogP contribution in [0.3, 0.4) is 0 Å². The molecule has 24 heavy (non-hydrogen) atoms. The minimum Gasteiger partial charge on any atom is -0.478 e. The van der Waals surface area contributed by atoms with Crippen LogP contribution in [0.15, 0.2) is 58.2 Å². The van der Waals surface area contributed by atoms with Crippen molar-refractivity contribution in [1.82, 2.24) is 15.6 Å². The van der Waals surface area contributed by atoms with Crippen molar-refractivity contribution >= 4 is 18.1 Å². The second kappa shape index (κ2) is 6.61. The number of hydrogen-bond donors (Lipinski definition) is 3. The molecular weight excluding hydrogens is 312 g/mol. The minimum atomic E-state index is -1.07. The molecule has 0 aliphatic rings. The number of amides is 1. The highest BCUT2D eigenvalue weighted by molar-refractivity contribution is 5.99. The van der Waals surface area contributed by atoms with E-state index in [1.807, 2.05) is 0 Å². The number of rotatable bonds is 5. The molecule has 3 rings (SSSR count). The van der Waals surface area contributed by atoms with Crippen molar-refractivity contribution in [1.29, 1.82) is 0 Å². The molecule has 1 aromatic carbocycles. The van der Waals surface area contributed by atoms with E-state index in [2.05, 4.69) is 20.7 Å². The van der Waals surface area contributed by atoms with Crippen LogP contribution in [0.25, 0.3) is 11.5 Å². The van der Waals surface area contributed by atoms with Crippen molar-refractivity contribution in [3.8, 4) is 11.5 Å². The van der Waals surface area contributed by atoms with Crippen molar-refractivity contribution < 1.29 is 19.1 Å². The first-order valence-electron chi connectivity index (χ1n) is 6.90. The number of hydrazone groups is 1. The monoisotopic (exact) mass is 324 g/mol. The number of nitrogens with one attached hydrogen (secondary N) is 2. The Balaban J connectivity index is 1.69. The van der Waals surface area contributed by atoms with E-state index >= 15 is 0 Å². The first-order valence-corrected chi connectivity index (χ1v) is 6.90. The van der Waals surface area contributed by atoms with E-state index < -0.39 is 11.9 Å². The quantitative estimate of drug-likeness (QED) is 0.490. The van der Waals surface area contributed by atoms with Crippen LogP contribution < -0.4 is 5.43 Å². The summed E-state index contributed by atoms with van der Waals surface area (Å²) in [5, 5.41) is 19.4. The fourth-order valence-corrected chi connectivity index (χ4v) is 2.02. The lowest BCUT2D eigenvalue weighted by Gasteiger charge is -1.99. The number of carboxylic acids is 1. The lowest BCUT2D eigenvalue weighted by molar-refractivity contribution is 0.0696. The van der Waals surface area contributed by atoms with Crippen molar-refractivity contribution in [3.63, 3.8) is 0 Å². The van der Waals surface area contributed by atoms with E-state index in [1.54, 1.807) is 30.3 Å². The van der Waals surface area contributed by atoms with E-state index in [4.69, 9.17) is 9.52 Å². The second-order valence-corrected chi connectivity index (χ2v) is 4.74. The van der Waals surface area contributed by atoms with Crippen molar-refractivity contribution in [3.05, 3.63) is 65.5 Å². The summed E-state index contributed by atoms with van der Waals surface area (Å²) in [6.45, 7) is 0. The number of benzene rings is 1. The molecule has 0 aliphatic heterocycles. The number of aromatic amines is 1. The predicted octanol–water partition coefficient (Wildman–Crippen LogP) is 2.13. The van der Waals surface area contributed by atoms with Gasteiger partial charge in [0.25, 0.3) is 5.91 Å². The molecule has 0 saturated heterocycles. The number of nitrogens with zero attached hydrogens (tertiary/aromatic N) is 2. The van der Waals surface area contributed by atoms with E-state index in [9.17, 15) is 9.59 Å². The van der Waals surface area contributed by atoms with E-state index in [0.29, 0.717) is 17.0 Å². The summed E-state index contributed by atoms with van der Waals surface area (Å²) in [5.74, 6) is -1.05. The van der Waals surface area contributed by atoms with Gasteiger partial charge in [0.05, 0.1) is 18.0 Å². The zero-order valence-corrected chi connectivity index (χ0v) is 12.3. The molecule has 120 valence electrons. The van der Waals surface area contributed by atoms with Gasteiger partial charge in [0.1, 0.15) is 5.69 Å². The van der Waals surface area contributed by atoms with Gasteiger partial charge in [0.15, 0.2) is 11.5 Å². The summed E-state index contributed by atoms with van der Waals surface area (Å²) in [6, 6.07) is 11.3. The predicted molar refractivity (Wildman–Crippen MR) is 84.8 cm³/mol. The molecule has 1 amide bonds. The highest BCUT2D eigenvalue weighted by atomic mass is 16.4. The molecule has 0 spiro atoms. The molecule has 0 fully saturated rings. The van der Waals surface area contributed by atoms with E-state index in [-0.39, 0.29) is 11.3 Å². The first-order chi connectivity index (χ1) is 11.6. The number of furan rings is 1. The van der Waals surface area contributed by atoms with Gasteiger partial charge in [-0.3, -0.25) is 9.89 Å². The van der Waals surface area contributed by atoms with Crippen LogP contribution in [0.2, 0.25) is 0 Å². The number of aromatic carboxylic acids is 1. The number of carbonyl (C=O) groups excluding carboxylic acids is 1. The van der Waals surface area contributed by atoms with Gasteiger partial charge in [-0.2, -0.15) is 10.2 Å². The van der Waals surface area contributed by atoms with Crippen LogP contribution in [0.4, 0.5) is 0 Å². The van der Waals surface area contributed by atoms with Crippen LogP contribution in [0.5, 0.6) is 0 Å². The molecule has 8 heteroatoms. The number of H-pyrrole nitrogens is 1. The van der Waals surface area contributed by atoms with Gasteiger partial charge < -0.3 is 9.52 Å². The summed E-state index contributed by atoms with van der Waals surface area (Å²) in [6.07, 6.45) is 2.78. The smallest absolute Gasteiger partial charge is 0.336 e. The van der Waals surface area contributed by atoms with Gasteiger partial charge in [-0.05, 0) is 18.2 Å². The standard InChI is InChI=1S/C16H12N4O4/c21-15(13-8-12(18-19-13)14-6-3-7-24-14)20-17-9-10-4-1-2-5-11(10)16(22)23/h1-9H,(H,18,19)(H,20,21)(H,22,23). The Morgan fingerprint density at radius 2 is 2.08 bits per heavy atom. The zero-order chi connectivity index (χ0) is 16.9. The van der Waals surface area contributed by atoms with Crippen molar-refractivity contribution in [2.45, 2.75) is 0 Å². The molecule has 0 atom stereocenters. The number of carbonyl (C=O) groups is 2. The molecule has 0 bridgehead atoms. The Kier molecular flexibility index (Phi) is 4.19. The average Bonchev–Trinajstić information content (AvgIpc) is 3.26. The van der Waals surface area contributed by atoms with Crippen LogP contribution in [0.1, 0.15) is 26.4 Å². The lowest BCUT2D eigenvalue weighted by Crippen LogP contribution is -2.18. The molecule has 2 aromatic heterocycles. The molecule has 0 aliphatic carbocycles. The third kappa shape index (κ3) is 3.22. The molecule has 3 aromatic rings. The summed E-state index contributed by atoms with van der Waals surface area (Å²) in [7, 11) is 0. The molecule has 3 N–H and O–H groups in total. The van der Waals surface area contributed by atoms with Crippen LogP contribution in [0, 0.1) is 0 Å². The summed E-state index contributed by atoms with van der Waals surface area (Å²) in [5.41, 5.74) is 3.46. The number of carboxylic acid groups (broad SMARTS) is 1. The van der Waals surface area contributed by atoms with E-state index in [0.717, 1.165) is 0 Å². The second-order valence-electron chi connectivity index (χ2n) is 4.74. The Morgan fingerprint density at radius 1 is 1.25 bits per heavy atom. The van der Waals surface area contributed by atoms with E-state index in [1.165, 1.54) is 24.6 Å². The maximum Gasteiger partial charge on any atom is 0.336 e. The maximum atomic E-state index is 12.0. The SMILES string of the molecule is O=C(NN=Cc1ccccc1C(=O)O)c1cc(-c2ccco2)[nH]n1. The van der Waals surface area contributed by atoms with Gasteiger partial charge in [-0.1, -0.05) is 18.2 Å². The van der Waals surface area contributed by atoms with Gasteiger partial charge in [-0.25, -0.2) is 10.2 Å². The molecule has 0 saturated carbocycles. The van der Waals surface area contributed by atoms with Gasteiger partial charge >= 0.3 is 5.97 Å². The summed E-state index contributed by atoms with van der Waals surface area (Å²) >= 11 is 0. The highest BCUT2D eigenvalue weighted by Gasteiger charge is 2.12. The maximum absolute atomic E-state index is 12.0. The minimum absolute atomic E-state index is 0.0929. The van der Waals surface area contributed by atoms with Gasteiger partial charge in [0, 0.05) is 11.6 Å². The number of aromatic nitrogens is 2. The molecule has 0 unspecified atom stereocenters. The van der Waals surface area contributed by atoms with Crippen molar-refractivity contribution in [2.75, 3.05) is 0 Å². The first kappa shape index (κ1) is 15.2. The number of hydrogen-bond acceptors (Lipinski definition) is 5. The fourth-order valence-electron chi connectivity index (χ4n) is 2.02. The van der Waals surface area contributed by atoms with Crippen LogP contribution >= 0.6 is 0 Å². The Labute approximate surface area is 135 Å². The molecule has 2 heterocycles. The Morgan fingerprint density at radius 3 is 2.83 bits per heavy atom. The highest BCUT2D eigenvalue weighted by Crippen LogP contribution is 2.17. The van der Waals surface area contributed by atoms with Crippen molar-refractivity contribution in [2.24, 2.45) is 5.10 Å². The third-order valence-corrected chi connectivity index (χ3v) is 3.16. The Bertz CT molecular complexity index is 896. The topological polar surface area (TPSA) is 121 Å². The third-order valence-electron chi connectivity index (χ3n) is 3.16. The molecule has 0 radical (unpaired) electrons. The van der Waals surface area contributed by atoms with Crippen LogP contribution in [-0.2, 0) is 0 Å². The summed E-state index contributed by atoms with van der Waals surface area (Å²) in [4.78, 5) is 23.1. The van der Waals surface area contributed by atoms with Crippen LogP contribution in [-0.4, -0.2) is 33.4 Å². The lowest BCUT2D eigenvalue weighted by atomic mass is 10.1. The normalized spacial score (nSPS) is 10.8. The van der Waals surface area contributed by atoms with Gasteiger partial charge in [-0.15, -0.1) is 0 Å². The van der Waals surface area contributed by atoms with Gasteiger partial charge in [0.2, 0.25) is 0 Å². The largest absolute Gasteiger partial charge is 0.478 e. The Hall–Kier alpha value is -3.68. The fraction of sp³-hybridized carbons (Fsp3) is 0. The summed E-state index contributed by atoms with van der Waals surface area (Å²) < 4.78 is 5.20. The molecular formula is C16H12N4O4. The average molecular weight is 324 g/mol. The molecule has 8 nitrogen and oxygen atoms in total.